The van der Waals surface area contributed by atoms with E-state index in [0.29, 0.717) is 25.1 Å². The number of hydrogen-bond donors (Lipinski definition) is 8. The van der Waals surface area contributed by atoms with Gasteiger partial charge in [-0.2, -0.15) is 24.4 Å². The number of carboxylic acids is 1. The highest BCUT2D eigenvalue weighted by Crippen LogP contribution is 2.11. The van der Waals surface area contributed by atoms with E-state index in [1.165, 1.54) is 23.9 Å². The summed E-state index contributed by atoms with van der Waals surface area (Å²) in [4.78, 5) is 49.9. The fraction of sp³-hybridized carbons (Fsp3) is 0.565. The van der Waals surface area contributed by atoms with Gasteiger partial charge in [0.15, 0.2) is 0 Å². The number of unbranched alkanes of at least 4 members (excludes halogenated alkanes) is 1. The van der Waals surface area contributed by atoms with Gasteiger partial charge in [0.1, 0.15) is 23.9 Å². The molecule has 4 atom stereocenters. The maximum absolute atomic E-state index is 12.9. The summed E-state index contributed by atoms with van der Waals surface area (Å²) in [7, 11) is 0. The van der Waals surface area contributed by atoms with E-state index in [9.17, 15) is 29.4 Å². The molecule has 36 heavy (non-hydrogen) atoms. The predicted molar refractivity (Wildman–Crippen MR) is 143 cm³/mol. The van der Waals surface area contributed by atoms with Gasteiger partial charge >= 0.3 is 5.97 Å². The molecular formula is C23H37N5O6S2. The van der Waals surface area contributed by atoms with Crippen molar-refractivity contribution in [2.75, 3.05) is 24.3 Å². The molecule has 0 saturated heterocycles. The molecule has 4 unspecified atom stereocenters. The van der Waals surface area contributed by atoms with Crippen molar-refractivity contribution >= 4 is 48.1 Å². The topological polar surface area (TPSA) is 197 Å². The molecule has 0 radical (unpaired) electrons. The van der Waals surface area contributed by atoms with E-state index >= 15 is 0 Å². The third-order valence-corrected chi connectivity index (χ3v) is 6.36. The lowest BCUT2D eigenvalue weighted by Crippen LogP contribution is -2.57. The standard InChI is InChI=1S/C23H37N5O6S2/c1-36-11-9-18(23(33)34)27-21(31)17(4-2-3-10-24)26-22(32)19(13-35)28-20(30)16(25)12-14-5-7-15(29)8-6-14/h5-8,16-19,29,35H,2-4,9-13,24-25H2,1H3,(H,26,32)(H,27,31)(H,28,30)(H,33,34). The summed E-state index contributed by atoms with van der Waals surface area (Å²) < 4.78 is 0. The number of phenolic OH excluding ortho intramolecular Hbond substituents is 1. The molecule has 0 aliphatic carbocycles. The van der Waals surface area contributed by atoms with E-state index in [-0.39, 0.29) is 30.8 Å². The molecule has 1 aromatic carbocycles. The maximum atomic E-state index is 12.9. The Labute approximate surface area is 220 Å². The number of rotatable bonds is 17. The summed E-state index contributed by atoms with van der Waals surface area (Å²) >= 11 is 5.61. The number of carbonyl (C=O) groups excluding carboxylic acids is 3. The van der Waals surface area contributed by atoms with Crippen LogP contribution in [0.4, 0.5) is 0 Å². The molecule has 0 aliphatic rings. The first-order chi connectivity index (χ1) is 17.1. The number of hydrogen-bond acceptors (Lipinski definition) is 9. The maximum Gasteiger partial charge on any atom is 0.326 e. The van der Waals surface area contributed by atoms with Crippen molar-refractivity contribution in [2.24, 2.45) is 11.5 Å². The second-order valence-corrected chi connectivity index (χ2v) is 9.60. The number of thiol groups is 1. The quantitative estimate of drug-likeness (QED) is 0.0953. The van der Waals surface area contributed by atoms with E-state index in [2.05, 4.69) is 28.6 Å². The minimum Gasteiger partial charge on any atom is -0.508 e. The number of aliphatic carboxylic acids is 1. The SMILES string of the molecule is CSCCC(NC(=O)C(CCCCN)NC(=O)C(CS)NC(=O)C(N)Cc1ccc(O)cc1)C(=O)O. The fourth-order valence-corrected chi connectivity index (χ4v) is 3.98. The lowest BCUT2D eigenvalue weighted by molar-refractivity contribution is -0.142. The first kappa shape index (κ1) is 31.5. The van der Waals surface area contributed by atoms with Crippen molar-refractivity contribution in [3.8, 4) is 5.75 Å². The number of phenols is 1. The summed E-state index contributed by atoms with van der Waals surface area (Å²) in [5.74, 6) is -2.42. The van der Waals surface area contributed by atoms with Crippen molar-refractivity contribution in [1.82, 2.24) is 16.0 Å². The predicted octanol–water partition coefficient (Wildman–Crippen LogP) is -0.387. The monoisotopic (exact) mass is 543 g/mol. The number of amides is 3. The second kappa shape index (κ2) is 17.1. The summed E-state index contributed by atoms with van der Waals surface area (Å²) in [6.45, 7) is 0.405. The van der Waals surface area contributed by atoms with Gasteiger partial charge in [-0.1, -0.05) is 12.1 Å². The van der Waals surface area contributed by atoms with Crippen LogP contribution in [-0.2, 0) is 25.6 Å². The van der Waals surface area contributed by atoms with Crippen molar-refractivity contribution in [1.29, 1.82) is 0 Å². The van der Waals surface area contributed by atoms with Gasteiger partial charge in [-0.05, 0) is 68.4 Å². The molecule has 11 nitrogen and oxygen atoms in total. The van der Waals surface area contributed by atoms with Gasteiger partial charge in [0.05, 0.1) is 6.04 Å². The Morgan fingerprint density at radius 2 is 1.53 bits per heavy atom. The Balaban J connectivity index is 2.82. The van der Waals surface area contributed by atoms with Crippen LogP contribution in [0.25, 0.3) is 0 Å². The van der Waals surface area contributed by atoms with Crippen molar-refractivity contribution in [2.45, 2.75) is 56.3 Å². The number of nitrogens with two attached hydrogens (primary N) is 2. The molecule has 3 amide bonds. The van der Waals surface area contributed by atoms with E-state index in [1.807, 2.05) is 6.26 Å². The van der Waals surface area contributed by atoms with Crippen molar-refractivity contribution in [3.05, 3.63) is 29.8 Å². The number of aromatic hydroxyl groups is 1. The molecule has 0 spiro atoms. The Morgan fingerprint density at radius 3 is 2.08 bits per heavy atom. The van der Waals surface area contributed by atoms with Crippen molar-refractivity contribution < 1.29 is 29.4 Å². The average molecular weight is 544 g/mol. The molecule has 9 N–H and O–H groups in total. The van der Waals surface area contributed by atoms with E-state index in [0.717, 1.165) is 5.56 Å². The Kier molecular flexibility index (Phi) is 14.9. The molecule has 13 heteroatoms. The molecule has 1 rings (SSSR count). The van der Waals surface area contributed by atoms with Crippen LogP contribution in [0.2, 0.25) is 0 Å². The van der Waals surface area contributed by atoms with Crippen LogP contribution in [0.1, 0.15) is 31.2 Å². The lowest BCUT2D eigenvalue weighted by Gasteiger charge is -2.24. The van der Waals surface area contributed by atoms with E-state index in [1.54, 1.807) is 12.1 Å². The highest BCUT2D eigenvalue weighted by Gasteiger charge is 2.29. The van der Waals surface area contributed by atoms with Crippen molar-refractivity contribution in [3.63, 3.8) is 0 Å². The minimum atomic E-state index is -1.16. The van der Waals surface area contributed by atoms with E-state index < -0.39 is 47.9 Å². The molecule has 0 fully saturated rings. The normalized spacial score (nSPS) is 14.2. The summed E-state index contributed by atoms with van der Waals surface area (Å²) in [5, 5.41) is 26.4. The second-order valence-electron chi connectivity index (χ2n) is 8.25. The number of benzene rings is 1. The van der Waals surface area contributed by atoms with Crippen LogP contribution in [0.5, 0.6) is 5.75 Å². The third-order valence-electron chi connectivity index (χ3n) is 5.35. The smallest absolute Gasteiger partial charge is 0.326 e. The zero-order chi connectivity index (χ0) is 27.1. The zero-order valence-corrected chi connectivity index (χ0v) is 22.0. The first-order valence-electron chi connectivity index (χ1n) is 11.6. The number of nitrogens with one attached hydrogen (secondary N) is 3. The highest BCUT2D eigenvalue weighted by molar-refractivity contribution is 7.98. The number of thioether (sulfide) groups is 1. The Morgan fingerprint density at radius 1 is 0.944 bits per heavy atom. The molecule has 0 heterocycles. The van der Waals surface area contributed by atoms with Gasteiger partial charge in [0.25, 0.3) is 0 Å². The van der Waals surface area contributed by atoms with Crippen LogP contribution >= 0.6 is 24.4 Å². The fourth-order valence-electron chi connectivity index (χ4n) is 3.25. The Hall–Kier alpha value is -2.48. The Bertz CT molecular complexity index is 858. The molecule has 202 valence electrons. The minimum absolute atomic E-state index is 0.0495. The average Bonchev–Trinajstić information content (AvgIpc) is 2.85. The largest absolute Gasteiger partial charge is 0.508 e. The van der Waals surface area contributed by atoms with Crippen LogP contribution in [0, 0.1) is 0 Å². The third kappa shape index (κ3) is 11.5. The zero-order valence-electron chi connectivity index (χ0n) is 20.3. The lowest BCUT2D eigenvalue weighted by atomic mass is 10.1. The van der Waals surface area contributed by atoms with Gasteiger partial charge in [0, 0.05) is 5.75 Å². The van der Waals surface area contributed by atoms with E-state index in [4.69, 9.17) is 11.5 Å². The van der Waals surface area contributed by atoms with Gasteiger partial charge in [0.2, 0.25) is 17.7 Å². The van der Waals surface area contributed by atoms with Gasteiger partial charge in [-0.3, -0.25) is 14.4 Å². The number of carboxylic acid groups (broad SMARTS) is 1. The number of carbonyl (C=O) groups is 4. The van der Waals surface area contributed by atoms with Crippen LogP contribution < -0.4 is 27.4 Å². The summed E-state index contributed by atoms with van der Waals surface area (Å²) in [6, 6.07) is 2.12. The molecule has 0 saturated carbocycles. The molecule has 0 aliphatic heterocycles. The van der Waals surface area contributed by atoms with Crippen LogP contribution in [-0.4, -0.2) is 82.4 Å². The van der Waals surface area contributed by atoms with Crippen LogP contribution in [0.3, 0.4) is 0 Å². The molecule has 0 bridgehead atoms. The molecule has 0 aromatic heterocycles. The highest BCUT2D eigenvalue weighted by atomic mass is 32.2. The van der Waals surface area contributed by atoms with Crippen LogP contribution in [0.15, 0.2) is 24.3 Å². The van der Waals surface area contributed by atoms with Gasteiger partial charge < -0.3 is 37.6 Å². The van der Waals surface area contributed by atoms with Gasteiger partial charge in [-0.25, -0.2) is 4.79 Å². The first-order valence-corrected chi connectivity index (χ1v) is 13.6. The summed E-state index contributed by atoms with van der Waals surface area (Å²) in [6.07, 6.45) is 3.65. The molecular weight excluding hydrogens is 506 g/mol. The summed E-state index contributed by atoms with van der Waals surface area (Å²) in [5.41, 5.74) is 12.2. The van der Waals surface area contributed by atoms with Gasteiger partial charge in [-0.15, -0.1) is 0 Å². The molecule has 1 aromatic rings.